The van der Waals surface area contributed by atoms with Crippen molar-refractivity contribution >= 4 is 23.2 Å². The molecule has 0 atom stereocenters. The molecule has 1 N–H and O–H groups in total. The fourth-order valence-corrected chi connectivity index (χ4v) is 4.01. The number of amides is 1. The zero-order valence-corrected chi connectivity index (χ0v) is 16.3. The van der Waals surface area contributed by atoms with Crippen molar-refractivity contribution in [1.29, 1.82) is 0 Å². The third-order valence-electron chi connectivity index (χ3n) is 5.07. The number of rotatable bonds is 5. The van der Waals surface area contributed by atoms with Crippen molar-refractivity contribution in [3.05, 3.63) is 70.0 Å². The molecule has 27 heavy (non-hydrogen) atoms. The number of carbonyl (C=O) groups excluding carboxylic acids is 1. The summed E-state index contributed by atoms with van der Waals surface area (Å²) >= 11 is 6.43. The monoisotopic (exact) mass is 379 g/mol. The van der Waals surface area contributed by atoms with Gasteiger partial charge in [0.05, 0.1) is 11.3 Å². The van der Waals surface area contributed by atoms with E-state index >= 15 is 0 Å². The van der Waals surface area contributed by atoms with Crippen LogP contribution in [0.2, 0.25) is 5.15 Å². The van der Waals surface area contributed by atoms with E-state index in [2.05, 4.69) is 41.6 Å². The van der Waals surface area contributed by atoms with Gasteiger partial charge in [-0.1, -0.05) is 55.3 Å². The van der Waals surface area contributed by atoms with Gasteiger partial charge in [0.2, 0.25) is 0 Å². The molecule has 1 aliphatic rings. The van der Waals surface area contributed by atoms with E-state index < -0.39 is 0 Å². The predicted octanol–water partition coefficient (Wildman–Crippen LogP) is 5.47. The molecule has 4 rings (SSSR count). The highest BCUT2D eigenvalue weighted by atomic mass is 35.5. The predicted molar refractivity (Wildman–Crippen MR) is 110 cm³/mol. The number of aryl methyl sites for hydroxylation is 2. The topological polar surface area (TPSA) is 46.9 Å². The summed E-state index contributed by atoms with van der Waals surface area (Å²) in [5.41, 5.74) is 6.92. The average Bonchev–Trinajstić information content (AvgIpc) is 3.16. The molecule has 1 aromatic heterocycles. The van der Waals surface area contributed by atoms with Crippen LogP contribution in [0.15, 0.2) is 42.5 Å². The smallest absolute Gasteiger partial charge is 0.260 e. The van der Waals surface area contributed by atoms with E-state index in [9.17, 15) is 4.79 Å². The van der Waals surface area contributed by atoms with Crippen LogP contribution in [0.4, 0.5) is 5.69 Å². The number of aromatic nitrogens is 2. The Bertz CT molecular complexity index is 1020. The molecule has 0 spiro atoms. The summed E-state index contributed by atoms with van der Waals surface area (Å²) in [4.78, 5) is 12.8. The second-order valence-electron chi connectivity index (χ2n) is 6.99. The maximum atomic E-state index is 12.8. The van der Waals surface area contributed by atoms with Gasteiger partial charge in [0.15, 0.2) is 0 Å². The van der Waals surface area contributed by atoms with E-state index in [0.29, 0.717) is 16.4 Å². The summed E-state index contributed by atoms with van der Waals surface area (Å²) in [6.45, 7) is 4.66. The minimum Gasteiger partial charge on any atom is -0.322 e. The minimum absolute atomic E-state index is 0.216. The van der Waals surface area contributed by atoms with Crippen LogP contribution in [0.3, 0.4) is 0 Å². The van der Waals surface area contributed by atoms with Crippen LogP contribution in [-0.4, -0.2) is 15.7 Å². The molecular formula is C22H22ClN3O. The first-order valence-electron chi connectivity index (χ1n) is 9.34. The minimum atomic E-state index is -0.216. The fourth-order valence-electron chi connectivity index (χ4n) is 3.66. The second-order valence-corrected chi connectivity index (χ2v) is 7.35. The van der Waals surface area contributed by atoms with Gasteiger partial charge in [-0.25, -0.2) is 0 Å². The van der Waals surface area contributed by atoms with Gasteiger partial charge in [-0.3, -0.25) is 9.48 Å². The SMILES string of the molecule is CCCCn1nc(C)c(C(=O)Nc2ccc3c(c2)-c2ccccc2C3)c1Cl. The summed E-state index contributed by atoms with van der Waals surface area (Å²) in [6.07, 6.45) is 2.97. The first-order chi connectivity index (χ1) is 13.1. The molecule has 2 aromatic carbocycles. The molecule has 138 valence electrons. The average molecular weight is 380 g/mol. The Morgan fingerprint density at radius 2 is 1.96 bits per heavy atom. The molecule has 5 heteroatoms. The molecule has 0 saturated heterocycles. The van der Waals surface area contributed by atoms with Crippen molar-refractivity contribution < 1.29 is 4.79 Å². The number of carbonyl (C=O) groups is 1. The van der Waals surface area contributed by atoms with Crippen LogP contribution in [0, 0.1) is 6.92 Å². The Balaban J connectivity index is 1.59. The number of nitrogens with zero attached hydrogens (tertiary/aromatic N) is 2. The normalized spacial score (nSPS) is 12.0. The van der Waals surface area contributed by atoms with E-state index in [4.69, 9.17) is 11.6 Å². The third-order valence-corrected chi connectivity index (χ3v) is 5.46. The number of unbranched alkanes of at least 4 members (excludes halogenated alkanes) is 1. The molecule has 0 aliphatic heterocycles. The van der Waals surface area contributed by atoms with E-state index in [0.717, 1.165) is 31.5 Å². The lowest BCUT2D eigenvalue weighted by Crippen LogP contribution is -2.13. The second kappa shape index (κ2) is 7.20. The summed E-state index contributed by atoms with van der Waals surface area (Å²) < 4.78 is 1.72. The number of nitrogens with one attached hydrogen (secondary N) is 1. The molecule has 0 saturated carbocycles. The molecular weight excluding hydrogens is 358 g/mol. The van der Waals surface area contributed by atoms with E-state index in [1.807, 2.05) is 25.1 Å². The number of halogens is 1. The van der Waals surface area contributed by atoms with Crippen LogP contribution < -0.4 is 5.32 Å². The highest BCUT2D eigenvalue weighted by molar-refractivity contribution is 6.33. The maximum absolute atomic E-state index is 12.8. The zero-order valence-electron chi connectivity index (χ0n) is 15.6. The van der Waals surface area contributed by atoms with Crippen molar-refractivity contribution in [2.75, 3.05) is 5.32 Å². The van der Waals surface area contributed by atoms with Gasteiger partial charge in [-0.2, -0.15) is 5.10 Å². The van der Waals surface area contributed by atoms with Crippen molar-refractivity contribution in [2.24, 2.45) is 0 Å². The number of anilines is 1. The quantitative estimate of drug-likeness (QED) is 0.500. The Labute approximate surface area is 164 Å². The van der Waals surface area contributed by atoms with Gasteiger partial charge in [0.1, 0.15) is 5.15 Å². The first kappa shape index (κ1) is 17.8. The van der Waals surface area contributed by atoms with Crippen LogP contribution in [0.5, 0.6) is 0 Å². The van der Waals surface area contributed by atoms with E-state index in [1.165, 1.54) is 22.3 Å². The van der Waals surface area contributed by atoms with Crippen molar-refractivity contribution in [2.45, 2.75) is 39.7 Å². The molecule has 4 nitrogen and oxygen atoms in total. The van der Waals surface area contributed by atoms with Crippen molar-refractivity contribution in [3.63, 3.8) is 0 Å². The number of hydrogen-bond donors (Lipinski definition) is 1. The van der Waals surface area contributed by atoms with Gasteiger partial charge in [0.25, 0.3) is 5.91 Å². The molecule has 1 amide bonds. The molecule has 1 aliphatic carbocycles. The highest BCUT2D eigenvalue weighted by Crippen LogP contribution is 2.38. The molecule has 0 radical (unpaired) electrons. The summed E-state index contributed by atoms with van der Waals surface area (Å²) in [6, 6.07) is 14.5. The fraction of sp³-hybridized carbons (Fsp3) is 0.273. The summed E-state index contributed by atoms with van der Waals surface area (Å²) in [7, 11) is 0. The van der Waals surface area contributed by atoms with Crippen LogP contribution >= 0.6 is 11.6 Å². The Hall–Kier alpha value is -2.59. The lowest BCUT2D eigenvalue weighted by molar-refractivity contribution is 0.102. The van der Waals surface area contributed by atoms with E-state index in [-0.39, 0.29) is 5.91 Å². The molecule has 0 bridgehead atoms. The first-order valence-corrected chi connectivity index (χ1v) is 9.71. The van der Waals surface area contributed by atoms with Gasteiger partial charge >= 0.3 is 0 Å². The lowest BCUT2D eigenvalue weighted by atomic mass is 10.1. The molecule has 0 fully saturated rings. The largest absolute Gasteiger partial charge is 0.322 e. The van der Waals surface area contributed by atoms with Crippen LogP contribution in [0.25, 0.3) is 11.1 Å². The van der Waals surface area contributed by atoms with Gasteiger partial charge in [-0.15, -0.1) is 0 Å². The Morgan fingerprint density at radius 1 is 1.19 bits per heavy atom. The van der Waals surface area contributed by atoms with Crippen LogP contribution in [0.1, 0.15) is 46.9 Å². The standard InChI is InChI=1S/C22H22ClN3O/c1-3-4-11-26-21(23)20(14(2)25-26)22(27)24-17-10-9-16-12-15-7-5-6-8-18(15)19(16)13-17/h5-10,13H,3-4,11-12H2,1-2H3,(H,24,27). The van der Waals surface area contributed by atoms with Gasteiger partial charge < -0.3 is 5.32 Å². The molecule has 3 aromatic rings. The maximum Gasteiger partial charge on any atom is 0.260 e. The van der Waals surface area contributed by atoms with Crippen molar-refractivity contribution in [1.82, 2.24) is 9.78 Å². The third kappa shape index (κ3) is 3.26. The highest BCUT2D eigenvalue weighted by Gasteiger charge is 2.22. The molecule has 0 unspecified atom stereocenters. The number of benzene rings is 2. The number of hydrogen-bond acceptors (Lipinski definition) is 2. The molecule has 1 heterocycles. The van der Waals surface area contributed by atoms with Gasteiger partial charge in [-0.05, 0) is 54.2 Å². The Kier molecular flexibility index (Phi) is 4.75. The number of fused-ring (bicyclic) bond motifs is 3. The summed E-state index contributed by atoms with van der Waals surface area (Å²) in [5.74, 6) is -0.216. The van der Waals surface area contributed by atoms with E-state index in [1.54, 1.807) is 4.68 Å². The van der Waals surface area contributed by atoms with Crippen LogP contribution in [-0.2, 0) is 13.0 Å². The Morgan fingerprint density at radius 3 is 2.78 bits per heavy atom. The zero-order chi connectivity index (χ0) is 19.0. The van der Waals surface area contributed by atoms with Gasteiger partial charge in [0, 0.05) is 12.2 Å². The summed E-state index contributed by atoms with van der Waals surface area (Å²) in [5, 5.41) is 7.82. The van der Waals surface area contributed by atoms with Crippen molar-refractivity contribution in [3.8, 4) is 11.1 Å². The lowest BCUT2D eigenvalue weighted by Gasteiger charge is -2.08.